The third kappa shape index (κ3) is 5.31. The van der Waals surface area contributed by atoms with Crippen LogP contribution in [0.1, 0.15) is 26.7 Å². The number of amides is 1. The zero-order valence-corrected chi connectivity index (χ0v) is 12.0. The van der Waals surface area contributed by atoms with E-state index in [1.165, 1.54) is 0 Å². The second-order valence-corrected chi connectivity index (χ2v) is 5.88. The number of carbonyl (C=O) groups excluding carboxylic acids is 1. The predicted octanol–water partition coefficient (Wildman–Crippen LogP) is 3.28. The molecule has 0 atom stereocenters. The number of carboxylic acids is 1. The molecule has 1 aromatic rings. The van der Waals surface area contributed by atoms with E-state index in [-0.39, 0.29) is 18.7 Å². The molecule has 1 rings (SSSR count). The summed E-state index contributed by atoms with van der Waals surface area (Å²) in [5, 5.41) is 11.5. The van der Waals surface area contributed by atoms with Crippen LogP contribution in [0, 0.1) is 5.41 Å². The molecule has 0 radical (unpaired) electrons. The van der Waals surface area contributed by atoms with Crippen molar-refractivity contribution in [1.82, 2.24) is 0 Å². The van der Waals surface area contributed by atoms with Crippen molar-refractivity contribution in [2.75, 3.05) is 5.32 Å². The number of halogens is 1. The Bertz CT molecular complexity index is 440. The molecular weight excluding hydrogens is 298 g/mol. The maximum absolute atomic E-state index is 11.8. The molecule has 0 bridgehead atoms. The second kappa shape index (κ2) is 6.00. The fraction of sp³-hybridized carbons (Fsp3) is 0.385. The first kappa shape index (κ1) is 14.7. The molecule has 0 saturated heterocycles. The van der Waals surface area contributed by atoms with Gasteiger partial charge in [0.25, 0.3) is 0 Å². The molecule has 1 aromatic carbocycles. The molecule has 0 aliphatic carbocycles. The van der Waals surface area contributed by atoms with E-state index in [9.17, 15) is 9.59 Å². The van der Waals surface area contributed by atoms with E-state index >= 15 is 0 Å². The first-order valence-electron chi connectivity index (χ1n) is 5.56. The van der Waals surface area contributed by atoms with E-state index < -0.39 is 11.4 Å². The van der Waals surface area contributed by atoms with Gasteiger partial charge in [0.2, 0.25) is 5.91 Å². The molecule has 0 heterocycles. The molecule has 18 heavy (non-hydrogen) atoms. The van der Waals surface area contributed by atoms with Gasteiger partial charge < -0.3 is 10.4 Å². The van der Waals surface area contributed by atoms with Gasteiger partial charge in [-0.2, -0.15) is 0 Å². The molecule has 0 aliphatic rings. The van der Waals surface area contributed by atoms with Gasteiger partial charge in [0, 0.05) is 16.6 Å². The summed E-state index contributed by atoms with van der Waals surface area (Å²) in [5.74, 6) is -1.07. The highest BCUT2D eigenvalue weighted by Gasteiger charge is 2.25. The van der Waals surface area contributed by atoms with Crippen molar-refractivity contribution in [1.29, 1.82) is 0 Å². The van der Waals surface area contributed by atoms with Crippen molar-refractivity contribution in [2.24, 2.45) is 5.41 Å². The molecule has 0 aromatic heterocycles. The Kier molecular flexibility index (Phi) is 4.90. The van der Waals surface area contributed by atoms with Crippen molar-refractivity contribution >= 4 is 33.5 Å². The van der Waals surface area contributed by atoms with Crippen LogP contribution < -0.4 is 5.32 Å². The van der Waals surface area contributed by atoms with Gasteiger partial charge in [0.1, 0.15) is 0 Å². The van der Waals surface area contributed by atoms with Crippen LogP contribution >= 0.6 is 15.9 Å². The molecule has 5 heteroatoms. The summed E-state index contributed by atoms with van der Waals surface area (Å²) in [6.07, 6.45) is 0.149. The molecule has 0 fully saturated rings. The van der Waals surface area contributed by atoms with Gasteiger partial charge in [0.05, 0.1) is 6.42 Å². The molecule has 1 amide bonds. The lowest BCUT2D eigenvalue weighted by Gasteiger charge is -2.21. The summed E-state index contributed by atoms with van der Waals surface area (Å²) in [6.45, 7) is 3.53. The fourth-order valence-electron chi connectivity index (χ4n) is 1.64. The maximum atomic E-state index is 11.8. The van der Waals surface area contributed by atoms with E-state index in [4.69, 9.17) is 5.11 Å². The number of carbonyl (C=O) groups is 2. The number of carboxylic acid groups (broad SMARTS) is 1. The van der Waals surface area contributed by atoms with Gasteiger partial charge in [0.15, 0.2) is 0 Å². The first-order valence-corrected chi connectivity index (χ1v) is 6.35. The monoisotopic (exact) mass is 313 g/mol. The predicted molar refractivity (Wildman–Crippen MR) is 73.4 cm³/mol. The van der Waals surface area contributed by atoms with E-state index in [1.807, 2.05) is 12.1 Å². The zero-order valence-electron chi connectivity index (χ0n) is 10.4. The molecule has 4 nitrogen and oxygen atoms in total. The van der Waals surface area contributed by atoms with Crippen molar-refractivity contribution < 1.29 is 14.7 Å². The molecule has 98 valence electrons. The lowest BCUT2D eigenvalue weighted by atomic mass is 9.85. The van der Waals surface area contributed by atoms with Gasteiger partial charge in [-0.25, -0.2) is 0 Å². The van der Waals surface area contributed by atoms with Gasteiger partial charge >= 0.3 is 5.97 Å². The minimum Gasteiger partial charge on any atom is -0.481 e. The SMILES string of the molecule is CC(C)(CC(=O)O)CC(=O)Nc1ccc(Br)cc1. The van der Waals surface area contributed by atoms with E-state index in [0.29, 0.717) is 5.69 Å². The number of hydrogen-bond acceptors (Lipinski definition) is 2. The second-order valence-electron chi connectivity index (χ2n) is 4.97. The van der Waals surface area contributed by atoms with Gasteiger partial charge in [-0.15, -0.1) is 0 Å². The van der Waals surface area contributed by atoms with Crippen LogP contribution in [0.4, 0.5) is 5.69 Å². The standard InChI is InChI=1S/C13H16BrNO3/c1-13(2,8-12(17)18)7-11(16)15-10-5-3-9(14)4-6-10/h3-6H,7-8H2,1-2H3,(H,15,16)(H,17,18). The Morgan fingerprint density at radius 2 is 1.78 bits per heavy atom. The molecular formula is C13H16BrNO3. The highest BCUT2D eigenvalue weighted by molar-refractivity contribution is 9.10. The molecule has 0 saturated carbocycles. The Morgan fingerprint density at radius 3 is 2.28 bits per heavy atom. The maximum Gasteiger partial charge on any atom is 0.303 e. The van der Waals surface area contributed by atoms with Crippen LogP contribution in [0.5, 0.6) is 0 Å². The lowest BCUT2D eigenvalue weighted by Crippen LogP contribution is -2.24. The third-order valence-electron chi connectivity index (χ3n) is 2.40. The number of hydrogen-bond donors (Lipinski definition) is 2. The van der Waals surface area contributed by atoms with Crippen molar-refractivity contribution in [2.45, 2.75) is 26.7 Å². The minimum atomic E-state index is -0.892. The Labute approximate surface area is 115 Å². The molecule has 0 aliphatic heterocycles. The molecule has 0 spiro atoms. The van der Waals surface area contributed by atoms with Crippen molar-refractivity contribution in [3.05, 3.63) is 28.7 Å². The smallest absolute Gasteiger partial charge is 0.303 e. The third-order valence-corrected chi connectivity index (χ3v) is 2.93. The highest BCUT2D eigenvalue weighted by atomic mass is 79.9. The van der Waals surface area contributed by atoms with Crippen LogP contribution in [0.25, 0.3) is 0 Å². The summed E-state index contributed by atoms with van der Waals surface area (Å²) in [5.41, 5.74) is 0.153. The van der Waals surface area contributed by atoms with Crippen LogP contribution in [-0.4, -0.2) is 17.0 Å². The molecule has 0 unspecified atom stereocenters. The van der Waals surface area contributed by atoms with Crippen LogP contribution in [0.15, 0.2) is 28.7 Å². The quantitative estimate of drug-likeness (QED) is 0.876. The van der Waals surface area contributed by atoms with Crippen LogP contribution in [0.3, 0.4) is 0 Å². The number of benzene rings is 1. The normalized spacial score (nSPS) is 11.1. The van der Waals surface area contributed by atoms with Gasteiger partial charge in [-0.05, 0) is 29.7 Å². The number of rotatable bonds is 5. The van der Waals surface area contributed by atoms with Gasteiger partial charge in [-0.3, -0.25) is 9.59 Å². The lowest BCUT2D eigenvalue weighted by molar-refractivity contribution is -0.139. The summed E-state index contributed by atoms with van der Waals surface area (Å²) >= 11 is 3.31. The highest BCUT2D eigenvalue weighted by Crippen LogP contribution is 2.25. The first-order chi connectivity index (χ1) is 8.28. The van der Waals surface area contributed by atoms with Gasteiger partial charge in [-0.1, -0.05) is 29.8 Å². The Hall–Kier alpha value is -1.36. The average Bonchev–Trinajstić information content (AvgIpc) is 2.18. The fourth-order valence-corrected chi connectivity index (χ4v) is 1.91. The summed E-state index contributed by atoms with van der Waals surface area (Å²) in [4.78, 5) is 22.4. The zero-order chi connectivity index (χ0) is 13.8. The van der Waals surface area contributed by atoms with E-state index in [1.54, 1.807) is 26.0 Å². The summed E-state index contributed by atoms with van der Waals surface area (Å²) in [6, 6.07) is 7.23. The average molecular weight is 314 g/mol. The van der Waals surface area contributed by atoms with E-state index in [0.717, 1.165) is 4.47 Å². The Morgan fingerprint density at radius 1 is 1.22 bits per heavy atom. The number of aliphatic carboxylic acids is 1. The topological polar surface area (TPSA) is 66.4 Å². The van der Waals surface area contributed by atoms with Crippen LogP contribution in [-0.2, 0) is 9.59 Å². The molecule has 2 N–H and O–H groups in total. The summed E-state index contributed by atoms with van der Waals surface area (Å²) in [7, 11) is 0. The Balaban J connectivity index is 2.56. The van der Waals surface area contributed by atoms with Crippen molar-refractivity contribution in [3.63, 3.8) is 0 Å². The summed E-state index contributed by atoms with van der Waals surface area (Å²) < 4.78 is 0.937. The van der Waals surface area contributed by atoms with Crippen LogP contribution in [0.2, 0.25) is 0 Å². The number of anilines is 1. The van der Waals surface area contributed by atoms with E-state index in [2.05, 4.69) is 21.2 Å². The minimum absolute atomic E-state index is 0.0270. The van der Waals surface area contributed by atoms with Crippen molar-refractivity contribution in [3.8, 4) is 0 Å². The largest absolute Gasteiger partial charge is 0.481 e. The number of nitrogens with one attached hydrogen (secondary N) is 1.